The summed E-state index contributed by atoms with van der Waals surface area (Å²) in [5.41, 5.74) is 0.844. The molecule has 0 atom stereocenters. The van der Waals surface area contributed by atoms with E-state index in [1.807, 2.05) is 16.3 Å². The molecule has 1 aliphatic rings. The van der Waals surface area contributed by atoms with Crippen LogP contribution in [-0.2, 0) is 0 Å². The minimum atomic E-state index is -0.400. The molecule has 3 rings (SSSR count). The number of carbonyl (C=O) groups excluding carboxylic acids is 2. The van der Waals surface area contributed by atoms with Gasteiger partial charge < -0.3 is 9.80 Å². The maximum absolute atomic E-state index is 14.2. The molecule has 1 fully saturated rings. The number of Topliss-reactive ketones (excluding diaryl/α,β-unsaturated/α-hetero) is 1. The lowest BCUT2D eigenvalue weighted by atomic mass is 10.1. The van der Waals surface area contributed by atoms with Gasteiger partial charge in [0.05, 0.1) is 5.69 Å². The van der Waals surface area contributed by atoms with Crippen molar-refractivity contribution in [3.63, 3.8) is 0 Å². The largest absolute Gasteiger partial charge is 0.366 e. The van der Waals surface area contributed by atoms with Gasteiger partial charge in [-0.3, -0.25) is 9.59 Å². The van der Waals surface area contributed by atoms with Gasteiger partial charge >= 0.3 is 0 Å². The maximum atomic E-state index is 14.2. The van der Waals surface area contributed by atoms with Gasteiger partial charge in [0.15, 0.2) is 5.78 Å². The van der Waals surface area contributed by atoms with E-state index in [0.29, 0.717) is 42.3 Å². The van der Waals surface area contributed by atoms with Crippen LogP contribution in [0.4, 0.5) is 10.1 Å². The number of piperazine rings is 1. The van der Waals surface area contributed by atoms with Crippen LogP contribution in [0.25, 0.3) is 0 Å². The molecule has 7 heteroatoms. The first-order valence-corrected chi connectivity index (χ1v) is 9.22. The lowest BCUT2D eigenvalue weighted by Gasteiger charge is -2.36. The van der Waals surface area contributed by atoms with Crippen LogP contribution in [0.1, 0.15) is 27.0 Å². The van der Waals surface area contributed by atoms with Crippen LogP contribution >= 0.6 is 27.3 Å². The molecule has 0 radical (unpaired) electrons. The van der Waals surface area contributed by atoms with Gasteiger partial charge in [-0.05, 0) is 52.5 Å². The van der Waals surface area contributed by atoms with E-state index >= 15 is 0 Å². The van der Waals surface area contributed by atoms with Crippen molar-refractivity contribution < 1.29 is 14.0 Å². The van der Waals surface area contributed by atoms with E-state index in [0.717, 1.165) is 4.47 Å². The molecular formula is C17H16BrFN2O2S. The Labute approximate surface area is 152 Å². The maximum Gasteiger partial charge on any atom is 0.265 e. The first-order chi connectivity index (χ1) is 11.5. The van der Waals surface area contributed by atoms with Gasteiger partial charge in [-0.15, -0.1) is 11.3 Å². The van der Waals surface area contributed by atoms with Crippen LogP contribution in [0.3, 0.4) is 0 Å². The molecule has 24 heavy (non-hydrogen) atoms. The van der Waals surface area contributed by atoms with Crippen molar-refractivity contribution in [1.29, 1.82) is 0 Å². The van der Waals surface area contributed by atoms with E-state index in [-0.39, 0.29) is 11.7 Å². The lowest BCUT2D eigenvalue weighted by molar-refractivity contribution is 0.0750. The van der Waals surface area contributed by atoms with Crippen LogP contribution in [0.2, 0.25) is 0 Å². The first kappa shape index (κ1) is 17.1. The summed E-state index contributed by atoms with van der Waals surface area (Å²) in [6, 6.07) is 6.42. The predicted molar refractivity (Wildman–Crippen MR) is 96.5 cm³/mol. The molecular weight excluding hydrogens is 395 g/mol. The summed E-state index contributed by atoms with van der Waals surface area (Å²) in [5, 5.41) is 1.87. The summed E-state index contributed by atoms with van der Waals surface area (Å²) in [6.45, 7) is 3.62. The fourth-order valence-corrected chi connectivity index (χ4v) is 4.23. The highest BCUT2D eigenvalue weighted by molar-refractivity contribution is 9.10. The molecule has 0 bridgehead atoms. The number of rotatable bonds is 3. The van der Waals surface area contributed by atoms with Gasteiger partial charge in [0.2, 0.25) is 0 Å². The van der Waals surface area contributed by atoms with Crippen molar-refractivity contribution >= 4 is 44.6 Å². The van der Waals surface area contributed by atoms with Gasteiger partial charge in [-0.25, -0.2) is 4.39 Å². The van der Waals surface area contributed by atoms with Crippen molar-refractivity contribution in [3.8, 4) is 0 Å². The second kappa shape index (κ2) is 7.03. The molecule has 1 saturated heterocycles. The van der Waals surface area contributed by atoms with E-state index < -0.39 is 5.82 Å². The standard InChI is InChI=1S/C17H16BrFN2O2S/c1-11(22)12-2-3-15(14(19)10-12)20-5-7-21(8-6-20)17(23)16-13(18)4-9-24-16/h2-4,9-10H,5-8H2,1H3. The number of thiophene rings is 1. The lowest BCUT2D eigenvalue weighted by Crippen LogP contribution is -2.49. The number of hydrogen-bond donors (Lipinski definition) is 0. The van der Waals surface area contributed by atoms with Crippen LogP contribution in [0.15, 0.2) is 34.1 Å². The number of amides is 1. The average molecular weight is 411 g/mol. The van der Waals surface area contributed by atoms with Crippen LogP contribution in [0.5, 0.6) is 0 Å². The first-order valence-electron chi connectivity index (χ1n) is 7.55. The zero-order valence-electron chi connectivity index (χ0n) is 13.1. The Bertz CT molecular complexity index is 785. The summed E-state index contributed by atoms with van der Waals surface area (Å²) < 4.78 is 15.1. The number of ketones is 1. The molecule has 1 amide bonds. The molecule has 0 N–H and O–H groups in total. The third kappa shape index (κ3) is 3.37. The smallest absolute Gasteiger partial charge is 0.265 e. The Hall–Kier alpha value is -1.73. The Morgan fingerprint density at radius 3 is 2.42 bits per heavy atom. The van der Waals surface area contributed by atoms with Crippen molar-refractivity contribution in [2.75, 3.05) is 31.1 Å². The molecule has 0 spiro atoms. The zero-order valence-corrected chi connectivity index (χ0v) is 15.5. The fraction of sp³-hybridized carbons (Fsp3) is 0.294. The van der Waals surface area contributed by atoms with Crippen LogP contribution in [-0.4, -0.2) is 42.8 Å². The monoisotopic (exact) mass is 410 g/mol. The molecule has 2 heterocycles. The third-order valence-corrected chi connectivity index (χ3v) is 5.90. The summed E-state index contributed by atoms with van der Waals surface area (Å²) in [4.78, 5) is 28.2. The number of hydrogen-bond acceptors (Lipinski definition) is 4. The van der Waals surface area contributed by atoms with Gasteiger partial charge in [-0.2, -0.15) is 0 Å². The topological polar surface area (TPSA) is 40.6 Å². The number of anilines is 1. The van der Waals surface area contributed by atoms with Gasteiger partial charge in [-0.1, -0.05) is 0 Å². The van der Waals surface area contributed by atoms with Crippen molar-refractivity contribution in [1.82, 2.24) is 4.90 Å². The molecule has 0 unspecified atom stereocenters. The van der Waals surface area contributed by atoms with E-state index in [1.54, 1.807) is 17.0 Å². The van der Waals surface area contributed by atoms with E-state index in [1.165, 1.54) is 24.3 Å². The molecule has 0 aliphatic carbocycles. The Balaban J connectivity index is 1.68. The summed E-state index contributed by atoms with van der Waals surface area (Å²) in [6.07, 6.45) is 0. The summed E-state index contributed by atoms with van der Waals surface area (Å²) in [7, 11) is 0. The summed E-state index contributed by atoms with van der Waals surface area (Å²) >= 11 is 4.80. The number of halogens is 2. The minimum absolute atomic E-state index is 0.00363. The second-order valence-corrected chi connectivity index (χ2v) is 7.37. The van der Waals surface area contributed by atoms with Crippen LogP contribution < -0.4 is 4.90 Å². The molecule has 126 valence electrons. The quantitative estimate of drug-likeness (QED) is 0.722. The number of nitrogens with zero attached hydrogens (tertiary/aromatic N) is 2. The Kier molecular flexibility index (Phi) is 5.01. The molecule has 1 aromatic heterocycles. The second-order valence-electron chi connectivity index (χ2n) is 5.60. The summed E-state index contributed by atoms with van der Waals surface area (Å²) in [5.74, 6) is -0.551. The average Bonchev–Trinajstić information content (AvgIpc) is 3.00. The Morgan fingerprint density at radius 1 is 1.17 bits per heavy atom. The van der Waals surface area contributed by atoms with E-state index in [2.05, 4.69) is 15.9 Å². The predicted octanol–water partition coefficient (Wildman–Crippen LogP) is 3.81. The number of carbonyl (C=O) groups is 2. The molecule has 0 saturated carbocycles. The molecule has 1 aromatic carbocycles. The van der Waals surface area contributed by atoms with E-state index in [4.69, 9.17) is 0 Å². The fourth-order valence-electron chi connectivity index (χ4n) is 2.72. The number of benzene rings is 1. The highest BCUT2D eigenvalue weighted by Gasteiger charge is 2.25. The third-order valence-electron chi connectivity index (χ3n) is 4.07. The molecule has 1 aliphatic heterocycles. The van der Waals surface area contributed by atoms with Gasteiger partial charge in [0.25, 0.3) is 5.91 Å². The highest BCUT2D eigenvalue weighted by Crippen LogP contribution is 2.26. The van der Waals surface area contributed by atoms with Crippen molar-refractivity contribution in [2.45, 2.75) is 6.92 Å². The normalized spacial score (nSPS) is 14.8. The van der Waals surface area contributed by atoms with Gasteiger partial charge in [0.1, 0.15) is 10.7 Å². The zero-order chi connectivity index (χ0) is 17.3. The molecule has 4 nitrogen and oxygen atoms in total. The Morgan fingerprint density at radius 2 is 1.88 bits per heavy atom. The van der Waals surface area contributed by atoms with Crippen molar-refractivity contribution in [2.24, 2.45) is 0 Å². The van der Waals surface area contributed by atoms with E-state index in [9.17, 15) is 14.0 Å². The van der Waals surface area contributed by atoms with Crippen molar-refractivity contribution in [3.05, 3.63) is 50.4 Å². The highest BCUT2D eigenvalue weighted by atomic mass is 79.9. The minimum Gasteiger partial charge on any atom is -0.366 e. The SMILES string of the molecule is CC(=O)c1ccc(N2CCN(C(=O)c3sccc3Br)CC2)c(F)c1. The molecule has 2 aromatic rings. The van der Waals surface area contributed by atoms with Gasteiger partial charge in [0, 0.05) is 36.2 Å². The van der Waals surface area contributed by atoms with Crippen LogP contribution in [0, 0.1) is 5.82 Å².